The van der Waals surface area contributed by atoms with Gasteiger partial charge in [-0.1, -0.05) is 43.6 Å². The third kappa shape index (κ3) is 3.03. The molecule has 0 saturated heterocycles. The molecule has 1 atom stereocenters. The number of benzene rings is 1. The Morgan fingerprint density at radius 3 is 2.53 bits per heavy atom. The molecule has 0 aliphatic rings. The van der Waals surface area contributed by atoms with Crippen molar-refractivity contribution in [3.05, 3.63) is 34.0 Å². The smallest absolute Gasteiger partial charge is 0.137 e. The summed E-state index contributed by atoms with van der Waals surface area (Å²) >= 11 is 3.59. The van der Waals surface area contributed by atoms with Gasteiger partial charge >= 0.3 is 0 Å². The first-order chi connectivity index (χ1) is 9.06. The van der Waals surface area contributed by atoms with Crippen LogP contribution in [0.4, 0.5) is 0 Å². The molecule has 19 heavy (non-hydrogen) atoms. The van der Waals surface area contributed by atoms with E-state index >= 15 is 0 Å². The van der Waals surface area contributed by atoms with Crippen molar-refractivity contribution in [2.24, 2.45) is 0 Å². The monoisotopic (exact) mass is 323 g/mol. The van der Waals surface area contributed by atoms with Crippen molar-refractivity contribution in [1.82, 2.24) is 5.32 Å². The molecule has 0 fully saturated rings. The van der Waals surface area contributed by atoms with Gasteiger partial charge in [0.25, 0.3) is 0 Å². The minimum Gasteiger partial charge on any atom is -0.459 e. The second-order valence-corrected chi connectivity index (χ2v) is 6.15. The van der Waals surface area contributed by atoms with Crippen LogP contribution in [0.5, 0.6) is 0 Å². The average Bonchev–Trinajstić information content (AvgIpc) is 2.77. The van der Waals surface area contributed by atoms with Gasteiger partial charge < -0.3 is 9.73 Å². The van der Waals surface area contributed by atoms with Crippen LogP contribution < -0.4 is 5.32 Å². The average molecular weight is 324 g/mol. The summed E-state index contributed by atoms with van der Waals surface area (Å²) in [4.78, 5) is 0. The van der Waals surface area contributed by atoms with Gasteiger partial charge in [-0.15, -0.1) is 0 Å². The fraction of sp³-hybridized carbons (Fsp3) is 0.500. The molecule has 0 amide bonds. The molecular weight excluding hydrogens is 302 g/mol. The number of hydrogen-bond donors (Lipinski definition) is 1. The Labute approximate surface area is 123 Å². The Bertz CT molecular complexity index is 559. The molecule has 1 heterocycles. The molecule has 0 aliphatic heterocycles. The second-order valence-electron chi connectivity index (χ2n) is 5.24. The fourth-order valence-electron chi connectivity index (χ4n) is 2.46. The van der Waals surface area contributed by atoms with Crippen LogP contribution in [0.2, 0.25) is 0 Å². The SMILES string of the molecule is CCNC(CC)c1cc2cc(Br)cc(C(C)C)c2o1. The summed E-state index contributed by atoms with van der Waals surface area (Å²) in [5.41, 5.74) is 2.30. The van der Waals surface area contributed by atoms with Gasteiger partial charge in [0, 0.05) is 9.86 Å². The Balaban J connectivity index is 2.52. The van der Waals surface area contributed by atoms with Gasteiger partial charge in [-0.25, -0.2) is 0 Å². The van der Waals surface area contributed by atoms with Crippen molar-refractivity contribution in [3.8, 4) is 0 Å². The van der Waals surface area contributed by atoms with Crippen molar-refractivity contribution < 1.29 is 4.42 Å². The summed E-state index contributed by atoms with van der Waals surface area (Å²) in [6.07, 6.45) is 1.03. The van der Waals surface area contributed by atoms with Crippen LogP contribution in [-0.4, -0.2) is 6.54 Å². The quantitative estimate of drug-likeness (QED) is 0.799. The van der Waals surface area contributed by atoms with Gasteiger partial charge in [0.15, 0.2) is 0 Å². The summed E-state index contributed by atoms with van der Waals surface area (Å²) in [5, 5.41) is 4.65. The van der Waals surface area contributed by atoms with E-state index in [9.17, 15) is 0 Å². The molecule has 1 aromatic carbocycles. The molecular formula is C16H22BrNO. The lowest BCUT2D eigenvalue weighted by Gasteiger charge is -2.12. The van der Waals surface area contributed by atoms with Crippen molar-refractivity contribution in [2.45, 2.75) is 46.1 Å². The first-order valence-corrected chi connectivity index (χ1v) is 7.82. The van der Waals surface area contributed by atoms with E-state index in [-0.39, 0.29) is 0 Å². The van der Waals surface area contributed by atoms with E-state index in [0.29, 0.717) is 12.0 Å². The first kappa shape index (κ1) is 14.6. The van der Waals surface area contributed by atoms with Gasteiger partial charge in [-0.3, -0.25) is 0 Å². The normalized spacial score (nSPS) is 13.4. The van der Waals surface area contributed by atoms with Crippen LogP contribution in [0.1, 0.15) is 57.4 Å². The third-order valence-electron chi connectivity index (χ3n) is 3.45. The lowest BCUT2D eigenvalue weighted by molar-refractivity contribution is 0.427. The lowest BCUT2D eigenvalue weighted by Crippen LogP contribution is -2.19. The standard InChI is InChI=1S/C16H22BrNO/c1-5-14(18-6-2)15-8-11-7-12(17)9-13(10(3)4)16(11)19-15/h7-10,14,18H,5-6H2,1-4H3. The predicted octanol–water partition coefficient (Wildman–Crippen LogP) is 5.38. The molecule has 1 aromatic heterocycles. The number of fused-ring (bicyclic) bond motifs is 1. The second kappa shape index (κ2) is 6.10. The molecule has 2 aromatic rings. The van der Waals surface area contributed by atoms with Gasteiger partial charge in [0.2, 0.25) is 0 Å². The van der Waals surface area contributed by atoms with E-state index in [1.807, 2.05) is 0 Å². The zero-order valence-corrected chi connectivity index (χ0v) is 13.7. The molecule has 104 valence electrons. The number of hydrogen-bond acceptors (Lipinski definition) is 2. The van der Waals surface area contributed by atoms with E-state index in [4.69, 9.17) is 4.42 Å². The largest absolute Gasteiger partial charge is 0.459 e. The van der Waals surface area contributed by atoms with E-state index in [0.717, 1.165) is 28.8 Å². The molecule has 0 radical (unpaired) electrons. The van der Waals surface area contributed by atoms with Crippen molar-refractivity contribution in [3.63, 3.8) is 0 Å². The van der Waals surface area contributed by atoms with Crippen molar-refractivity contribution in [1.29, 1.82) is 0 Å². The fourth-order valence-corrected chi connectivity index (χ4v) is 2.95. The van der Waals surface area contributed by atoms with Crippen LogP contribution in [0.25, 0.3) is 11.0 Å². The van der Waals surface area contributed by atoms with Gasteiger partial charge in [0.05, 0.1) is 6.04 Å². The number of halogens is 1. The maximum absolute atomic E-state index is 6.14. The predicted molar refractivity (Wildman–Crippen MR) is 84.7 cm³/mol. The molecule has 1 N–H and O–H groups in total. The van der Waals surface area contributed by atoms with Crippen LogP contribution in [0.3, 0.4) is 0 Å². The maximum atomic E-state index is 6.14. The Morgan fingerprint density at radius 1 is 1.21 bits per heavy atom. The van der Waals surface area contributed by atoms with E-state index in [2.05, 4.69) is 67.1 Å². The number of nitrogens with one attached hydrogen (secondary N) is 1. The van der Waals surface area contributed by atoms with E-state index in [1.54, 1.807) is 0 Å². The molecule has 1 unspecified atom stereocenters. The van der Waals surface area contributed by atoms with Crippen LogP contribution in [-0.2, 0) is 0 Å². The summed E-state index contributed by atoms with van der Waals surface area (Å²) in [6, 6.07) is 6.76. The first-order valence-electron chi connectivity index (χ1n) is 7.03. The van der Waals surface area contributed by atoms with Crippen LogP contribution in [0.15, 0.2) is 27.1 Å². The van der Waals surface area contributed by atoms with Crippen molar-refractivity contribution in [2.75, 3.05) is 6.54 Å². The minimum absolute atomic E-state index is 0.302. The highest BCUT2D eigenvalue weighted by Gasteiger charge is 2.17. The Kier molecular flexibility index (Phi) is 4.69. The zero-order chi connectivity index (χ0) is 14.0. The van der Waals surface area contributed by atoms with E-state index < -0.39 is 0 Å². The highest BCUT2D eigenvalue weighted by atomic mass is 79.9. The van der Waals surface area contributed by atoms with Crippen LogP contribution in [0, 0.1) is 0 Å². The Hall–Kier alpha value is -0.800. The summed E-state index contributed by atoms with van der Waals surface area (Å²) in [7, 11) is 0. The molecule has 2 rings (SSSR count). The number of rotatable bonds is 5. The third-order valence-corrected chi connectivity index (χ3v) is 3.91. The minimum atomic E-state index is 0.302. The molecule has 2 nitrogen and oxygen atoms in total. The van der Waals surface area contributed by atoms with E-state index in [1.165, 1.54) is 10.9 Å². The Morgan fingerprint density at radius 2 is 1.95 bits per heavy atom. The maximum Gasteiger partial charge on any atom is 0.137 e. The lowest BCUT2D eigenvalue weighted by atomic mass is 10.0. The van der Waals surface area contributed by atoms with Gasteiger partial charge in [-0.05, 0) is 42.6 Å². The molecule has 0 spiro atoms. The molecule has 0 bridgehead atoms. The zero-order valence-electron chi connectivity index (χ0n) is 12.1. The van der Waals surface area contributed by atoms with Crippen molar-refractivity contribution >= 4 is 26.9 Å². The van der Waals surface area contributed by atoms with Crippen LogP contribution >= 0.6 is 15.9 Å². The molecule has 0 aliphatic carbocycles. The summed E-state index contributed by atoms with van der Waals surface area (Å²) in [6.45, 7) is 9.66. The summed E-state index contributed by atoms with van der Waals surface area (Å²) in [5.74, 6) is 1.50. The molecule has 3 heteroatoms. The highest BCUT2D eigenvalue weighted by Crippen LogP contribution is 2.34. The van der Waals surface area contributed by atoms with Gasteiger partial charge in [-0.2, -0.15) is 0 Å². The van der Waals surface area contributed by atoms with Gasteiger partial charge in [0.1, 0.15) is 11.3 Å². The topological polar surface area (TPSA) is 25.2 Å². The summed E-state index contributed by atoms with van der Waals surface area (Å²) < 4.78 is 7.26. The number of furan rings is 1. The molecule has 0 saturated carbocycles. The highest BCUT2D eigenvalue weighted by molar-refractivity contribution is 9.10.